The van der Waals surface area contributed by atoms with Crippen molar-refractivity contribution < 1.29 is 38.9 Å². The number of carbonyl (C=O) groups is 4. The molecule has 0 bridgehead atoms. The van der Waals surface area contributed by atoms with Crippen LogP contribution < -0.4 is 11.5 Å². The molecule has 2 aliphatic rings. The van der Waals surface area contributed by atoms with E-state index in [9.17, 15) is 9.59 Å². The first-order chi connectivity index (χ1) is 23.4. The average molecular weight is 694 g/mol. The first-order valence-electron chi connectivity index (χ1n) is 15.5. The lowest BCUT2D eigenvalue weighted by Gasteiger charge is -2.19. The van der Waals surface area contributed by atoms with Crippen LogP contribution in [0.1, 0.15) is 92.6 Å². The lowest BCUT2D eigenvalue weighted by atomic mass is 10.2. The Bertz CT molecular complexity index is 835. The molecule has 2 fully saturated rings. The van der Waals surface area contributed by atoms with E-state index in [-0.39, 0.29) is 37.0 Å². The second-order valence-corrected chi connectivity index (χ2v) is 9.40. The number of rotatable bonds is 6. The number of hydrogen-bond acceptors (Lipinski definition) is 7. The highest BCUT2D eigenvalue weighted by atomic mass is 16.5. The zero-order valence-corrected chi connectivity index (χ0v) is 31.4. The van der Waals surface area contributed by atoms with Crippen molar-refractivity contribution in [2.45, 2.75) is 105 Å². The second-order valence-electron chi connectivity index (χ2n) is 9.40. The van der Waals surface area contributed by atoms with Gasteiger partial charge in [-0.15, -0.1) is 45.1 Å². The highest BCUT2D eigenvalue weighted by molar-refractivity contribution is 5.86. The van der Waals surface area contributed by atoms with Crippen LogP contribution in [0.3, 0.4) is 0 Å². The number of hydrogen-bond donors (Lipinski definition) is 4. The summed E-state index contributed by atoms with van der Waals surface area (Å²) in [6, 6.07) is 9.17. The summed E-state index contributed by atoms with van der Waals surface area (Å²) in [7, 11) is 1.71. The monoisotopic (exact) mass is 693 g/mol. The highest BCUT2D eigenvalue weighted by Crippen LogP contribution is 2.16. The summed E-state index contributed by atoms with van der Waals surface area (Å²) in [4.78, 5) is 40.1. The normalized spacial score (nSPS) is 11.7. The third-order valence-electron chi connectivity index (χ3n) is 4.56. The van der Waals surface area contributed by atoms with Crippen molar-refractivity contribution in [2.24, 2.45) is 11.5 Å². The van der Waals surface area contributed by atoms with E-state index in [1.165, 1.54) is 31.1 Å². The van der Waals surface area contributed by atoms with Crippen LogP contribution in [0.15, 0.2) is 43.0 Å². The number of amides is 3. The number of ether oxygens (including phenoxy) is 2. The second kappa shape index (κ2) is 58.9. The van der Waals surface area contributed by atoms with Gasteiger partial charge in [-0.2, -0.15) is 0 Å². The molecule has 1 aliphatic carbocycles. The fourth-order valence-corrected chi connectivity index (χ4v) is 2.33. The molecule has 0 unspecified atom stereocenters. The van der Waals surface area contributed by atoms with E-state index in [0.717, 1.165) is 31.4 Å². The van der Waals surface area contributed by atoms with E-state index < -0.39 is 5.91 Å². The molecule has 3 amide bonds. The van der Waals surface area contributed by atoms with Gasteiger partial charge >= 0.3 is 0 Å². The Kier molecular flexibility index (Phi) is 75.9. The molecule has 0 radical (unpaired) electrons. The third kappa shape index (κ3) is 75.4. The third-order valence-corrected chi connectivity index (χ3v) is 4.56. The van der Waals surface area contributed by atoms with Crippen molar-refractivity contribution in [1.82, 2.24) is 4.90 Å². The van der Waals surface area contributed by atoms with E-state index in [4.69, 9.17) is 35.0 Å². The Morgan fingerprint density at radius 2 is 1.39 bits per heavy atom. The number of carbonyl (C=O) groups excluding carboxylic acids is 3. The molecule has 1 saturated carbocycles. The summed E-state index contributed by atoms with van der Waals surface area (Å²) in [6.45, 7) is 19.2. The Morgan fingerprint density at radius 1 is 1.00 bits per heavy atom. The number of likely N-dealkylation sites (tertiary alicyclic amines) is 1. The summed E-state index contributed by atoms with van der Waals surface area (Å²) in [5, 5.41) is 15.4. The predicted molar refractivity (Wildman–Crippen MR) is 204 cm³/mol. The molecular weight excluding hydrogens is 626 g/mol. The van der Waals surface area contributed by atoms with Gasteiger partial charge < -0.3 is 36.1 Å². The van der Waals surface area contributed by atoms with Crippen LogP contribution in [0.2, 0.25) is 0 Å². The summed E-state index contributed by atoms with van der Waals surface area (Å²) in [5.41, 5.74) is 10.3. The van der Waals surface area contributed by atoms with Crippen molar-refractivity contribution in [3.63, 3.8) is 0 Å². The van der Waals surface area contributed by atoms with Gasteiger partial charge in [-0.3, -0.25) is 19.2 Å². The van der Waals surface area contributed by atoms with Gasteiger partial charge in [-0.1, -0.05) is 76.4 Å². The summed E-state index contributed by atoms with van der Waals surface area (Å²) >= 11 is 0. The van der Waals surface area contributed by atoms with Gasteiger partial charge in [0.15, 0.2) is 0 Å². The minimum atomic E-state index is -0.391. The van der Waals surface area contributed by atoms with Crippen LogP contribution in [-0.4, -0.2) is 78.3 Å². The Labute approximate surface area is 298 Å². The number of benzene rings is 1. The van der Waals surface area contributed by atoms with Crippen molar-refractivity contribution in [2.75, 3.05) is 26.9 Å². The molecule has 0 aromatic heterocycles. The van der Waals surface area contributed by atoms with Crippen molar-refractivity contribution >= 4 is 24.7 Å². The number of terminal acetylenes is 3. The number of nitrogens with two attached hydrogens (primary N) is 2. The van der Waals surface area contributed by atoms with Crippen molar-refractivity contribution in [3.05, 3.63) is 48.6 Å². The van der Waals surface area contributed by atoms with Crippen LogP contribution in [0.25, 0.3) is 0 Å². The number of carboxylic acid groups (broad SMARTS) is 1. The van der Waals surface area contributed by atoms with Gasteiger partial charge in [0.2, 0.25) is 18.2 Å². The standard InChI is InChI=1S/C7H12N2O2.C7H8O.C6H12O.C5H12O.C3H6.C2H6.3C2H2.CH3NO.CH2O2/c1-5(10)9-4-2-3-6(9)7(8)11;8-6-7-4-2-1-3-5-7;1-3-5-7-6-4-2;1-5(2,3)6-4;1-2-3-1;4*1-2;2*2-1-3/h6H,2-4H2,1H3,(H2,8,11);1-5,8H,6H2;3H,1,4-6H2,2H3;1-4H3;1-3H2;1-2H3;3*1-2H;1H,(H2,2,3);1H,(H,2,3)/t6-;;;;;;;;;;/m0........../s1. The predicted octanol–water partition coefficient (Wildman–Crippen LogP) is 5.44. The molecule has 1 saturated heterocycles. The lowest BCUT2D eigenvalue weighted by Crippen LogP contribution is -2.42. The van der Waals surface area contributed by atoms with Crippen LogP contribution in [0.4, 0.5) is 0 Å². The van der Waals surface area contributed by atoms with Crippen molar-refractivity contribution in [3.8, 4) is 38.5 Å². The maximum atomic E-state index is 10.9. The van der Waals surface area contributed by atoms with E-state index in [0.29, 0.717) is 13.2 Å². The fourth-order valence-electron chi connectivity index (χ4n) is 2.33. The van der Waals surface area contributed by atoms with E-state index in [2.05, 4.69) is 57.8 Å². The average Bonchev–Trinajstić information content (AvgIpc) is 3.93. The molecule has 49 heavy (non-hydrogen) atoms. The largest absolute Gasteiger partial charge is 0.483 e. The summed E-state index contributed by atoms with van der Waals surface area (Å²) in [6.07, 6.45) is 33.2. The highest BCUT2D eigenvalue weighted by Gasteiger charge is 2.30. The topological polar surface area (TPSA) is 182 Å². The summed E-state index contributed by atoms with van der Waals surface area (Å²) < 4.78 is 9.95. The fraction of sp³-hybridized carbons (Fsp3) is 0.526. The molecule has 0 spiro atoms. The zero-order chi connectivity index (χ0) is 40.5. The molecule has 11 nitrogen and oxygen atoms in total. The van der Waals surface area contributed by atoms with Crippen LogP contribution in [0, 0.1) is 38.5 Å². The molecule has 3 rings (SSSR count). The first kappa shape index (κ1) is 63.1. The molecular formula is C38H67N3O8. The number of nitrogens with zero attached hydrogens (tertiary/aromatic N) is 1. The number of aliphatic hydroxyl groups is 1. The Morgan fingerprint density at radius 3 is 1.59 bits per heavy atom. The van der Waals surface area contributed by atoms with Crippen LogP contribution in [-0.2, 0) is 35.3 Å². The molecule has 1 atom stereocenters. The Balaban J connectivity index is -0.0000000670. The molecule has 282 valence electrons. The maximum Gasteiger partial charge on any atom is 0.290 e. The first-order valence-corrected chi connectivity index (χ1v) is 15.5. The maximum absolute atomic E-state index is 10.9. The molecule has 1 heterocycles. The van der Waals surface area contributed by atoms with Crippen LogP contribution in [0.5, 0.6) is 0 Å². The Hall–Kier alpha value is -4.60. The summed E-state index contributed by atoms with van der Waals surface area (Å²) in [5.74, 6) is -0.455. The lowest BCUT2D eigenvalue weighted by molar-refractivity contribution is -0.135. The molecule has 1 aromatic rings. The molecule has 11 heteroatoms. The minimum absolute atomic E-state index is 0.0417. The van der Waals surface area contributed by atoms with Gasteiger partial charge in [0.05, 0.1) is 18.8 Å². The van der Waals surface area contributed by atoms with Gasteiger partial charge in [0, 0.05) is 27.2 Å². The van der Waals surface area contributed by atoms with Gasteiger partial charge in [-0.25, -0.2) is 0 Å². The SMILES string of the molecule is C#C.C#C.C#C.C1CC1.C=CCOCCC.CC.CC(=O)N1CCC[C@H]1C(N)=O.COC(C)(C)C.NC=O.O=CO.OCc1ccccc1. The van der Waals surface area contributed by atoms with E-state index in [1.54, 1.807) is 13.2 Å². The van der Waals surface area contributed by atoms with Gasteiger partial charge in [-0.05, 0) is 45.6 Å². The van der Waals surface area contributed by atoms with Gasteiger partial charge in [0.1, 0.15) is 6.04 Å². The van der Waals surface area contributed by atoms with Crippen molar-refractivity contribution in [1.29, 1.82) is 0 Å². The minimum Gasteiger partial charge on any atom is -0.483 e. The molecule has 6 N–H and O–H groups in total. The zero-order valence-electron chi connectivity index (χ0n) is 31.4. The smallest absolute Gasteiger partial charge is 0.290 e. The molecule has 1 aromatic carbocycles. The number of primary amides is 2. The quantitative estimate of drug-likeness (QED) is 0.131. The molecule has 1 aliphatic heterocycles. The van der Waals surface area contributed by atoms with E-state index in [1.807, 2.05) is 65.0 Å². The number of aliphatic hydroxyl groups excluding tert-OH is 1. The van der Waals surface area contributed by atoms with Gasteiger partial charge in [0.25, 0.3) is 6.47 Å². The van der Waals surface area contributed by atoms with E-state index >= 15 is 0 Å². The number of methoxy groups -OCH3 is 1. The van der Waals surface area contributed by atoms with Crippen LogP contribution >= 0.6 is 0 Å².